The molecule has 4 aromatic carbocycles. The van der Waals surface area contributed by atoms with E-state index in [-0.39, 0.29) is 5.75 Å². The van der Waals surface area contributed by atoms with Crippen LogP contribution < -0.4 is 9.47 Å². The van der Waals surface area contributed by atoms with Gasteiger partial charge < -0.3 is 19.0 Å². The Morgan fingerprint density at radius 1 is 0.829 bits per heavy atom. The number of aromatic hydroxyl groups is 1. The highest BCUT2D eigenvalue weighted by molar-refractivity contribution is 6.30. The maximum atomic E-state index is 11.1. The predicted octanol–water partition coefficient (Wildman–Crippen LogP) is 7.89. The molecule has 35 heavy (non-hydrogen) atoms. The first-order valence-electron chi connectivity index (χ1n) is 10.9. The first kappa shape index (κ1) is 22.6. The summed E-state index contributed by atoms with van der Waals surface area (Å²) in [5, 5.41) is 12.3. The number of ether oxygens (including phenoxy) is 2. The minimum absolute atomic E-state index is 0.0979. The van der Waals surface area contributed by atoms with E-state index in [9.17, 15) is 5.11 Å². The van der Waals surface area contributed by atoms with Crippen molar-refractivity contribution in [1.82, 2.24) is 0 Å². The van der Waals surface area contributed by atoms with Crippen molar-refractivity contribution < 1.29 is 19.0 Å². The van der Waals surface area contributed by atoms with Gasteiger partial charge in [0.2, 0.25) is 5.88 Å². The van der Waals surface area contributed by atoms with E-state index in [1.165, 1.54) is 0 Å². The highest BCUT2D eigenvalue weighted by Crippen LogP contribution is 2.46. The zero-order chi connectivity index (χ0) is 24.4. The van der Waals surface area contributed by atoms with Crippen LogP contribution in [-0.2, 0) is 0 Å². The molecule has 1 aromatic heterocycles. The Bertz CT molecular complexity index is 1520. The lowest BCUT2D eigenvalue weighted by Gasteiger charge is -2.06. The molecule has 1 heterocycles. The van der Waals surface area contributed by atoms with Crippen LogP contribution in [0.5, 0.6) is 17.2 Å². The summed E-state index contributed by atoms with van der Waals surface area (Å²) in [5.74, 6) is 1.90. The number of phenolic OH excluding ortho intramolecular Hbond substituents is 1. The van der Waals surface area contributed by atoms with Gasteiger partial charge in [0.1, 0.15) is 22.8 Å². The number of methoxy groups -OCH3 is 2. The summed E-state index contributed by atoms with van der Waals surface area (Å²) in [6, 6.07) is 26.2. The number of fused-ring (bicyclic) bond motifs is 1. The van der Waals surface area contributed by atoms with Crippen molar-refractivity contribution in [2.24, 2.45) is 4.99 Å². The van der Waals surface area contributed by atoms with E-state index in [2.05, 4.69) is 4.99 Å². The van der Waals surface area contributed by atoms with Crippen LogP contribution in [0.4, 0.5) is 5.88 Å². The fourth-order valence-electron chi connectivity index (χ4n) is 4.02. The summed E-state index contributed by atoms with van der Waals surface area (Å²) in [6.07, 6.45) is 1.70. The fraction of sp³-hybridized carbons (Fsp3) is 0.0690. The second-order valence-corrected chi connectivity index (χ2v) is 8.32. The Morgan fingerprint density at radius 3 is 2.26 bits per heavy atom. The van der Waals surface area contributed by atoms with Crippen LogP contribution in [0.2, 0.25) is 5.02 Å². The van der Waals surface area contributed by atoms with Crippen molar-refractivity contribution in [3.05, 3.63) is 95.5 Å². The van der Waals surface area contributed by atoms with Gasteiger partial charge in [-0.1, -0.05) is 48.0 Å². The molecule has 0 aliphatic heterocycles. The molecule has 0 amide bonds. The number of nitrogens with zero attached hydrogens (tertiary/aromatic N) is 1. The zero-order valence-electron chi connectivity index (χ0n) is 19.2. The molecular weight excluding hydrogens is 462 g/mol. The molecule has 0 bridgehead atoms. The van der Waals surface area contributed by atoms with Crippen LogP contribution in [0.1, 0.15) is 5.56 Å². The molecule has 0 saturated heterocycles. The molecular formula is C29H22ClNO4. The molecule has 0 radical (unpaired) electrons. The zero-order valence-corrected chi connectivity index (χ0v) is 19.9. The van der Waals surface area contributed by atoms with E-state index in [0.29, 0.717) is 33.2 Å². The summed E-state index contributed by atoms with van der Waals surface area (Å²) >= 11 is 6.04. The average molecular weight is 484 g/mol. The molecule has 0 atom stereocenters. The lowest BCUT2D eigenvalue weighted by atomic mass is 9.99. The van der Waals surface area contributed by atoms with Gasteiger partial charge in [0.25, 0.3) is 0 Å². The maximum Gasteiger partial charge on any atom is 0.228 e. The van der Waals surface area contributed by atoms with Gasteiger partial charge in [-0.15, -0.1) is 0 Å². The van der Waals surface area contributed by atoms with Crippen LogP contribution in [-0.4, -0.2) is 25.5 Å². The number of aliphatic imine (C=N–C) groups is 1. The van der Waals surface area contributed by atoms with Gasteiger partial charge in [0.05, 0.1) is 25.2 Å². The molecule has 0 spiro atoms. The van der Waals surface area contributed by atoms with Crippen molar-refractivity contribution in [1.29, 1.82) is 0 Å². The van der Waals surface area contributed by atoms with Crippen LogP contribution in [0.3, 0.4) is 0 Å². The van der Waals surface area contributed by atoms with Gasteiger partial charge in [-0.05, 0) is 65.2 Å². The van der Waals surface area contributed by atoms with Crippen LogP contribution in [0, 0.1) is 0 Å². The first-order valence-corrected chi connectivity index (χ1v) is 11.3. The van der Waals surface area contributed by atoms with Gasteiger partial charge in [-0.3, -0.25) is 0 Å². The van der Waals surface area contributed by atoms with Gasteiger partial charge in [0, 0.05) is 16.8 Å². The van der Waals surface area contributed by atoms with Crippen molar-refractivity contribution in [3.63, 3.8) is 0 Å². The number of rotatable bonds is 6. The number of furan rings is 1. The number of benzene rings is 4. The summed E-state index contributed by atoms with van der Waals surface area (Å²) in [5.41, 5.74) is 4.57. The summed E-state index contributed by atoms with van der Waals surface area (Å²) in [4.78, 5) is 4.66. The van der Waals surface area contributed by atoms with Gasteiger partial charge in [-0.25, -0.2) is 4.99 Å². The lowest BCUT2D eigenvalue weighted by molar-refractivity contribution is 0.414. The third kappa shape index (κ3) is 4.46. The summed E-state index contributed by atoms with van der Waals surface area (Å²) in [6.45, 7) is 0. The van der Waals surface area contributed by atoms with E-state index < -0.39 is 0 Å². The van der Waals surface area contributed by atoms with Gasteiger partial charge in [0.15, 0.2) is 0 Å². The number of phenols is 1. The Hall–Kier alpha value is -4.22. The Morgan fingerprint density at radius 2 is 1.54 bits per heavy atom. The smallest absolute Gasteiger partial charge is 0.228 e. The molecule has 0 fully saturated rings. The highest BCUT2D eigenvalue weighted by atomic mass is 35.5. The second kappa shape index (κ2) is 9.57. The SMILES string of the molecule is COc1ccc(-c2c(/N=C/c3ccccc3OC)oc3cc(-c4ccc(Cl)cc4)cc(O)c23)cc1. The van der Waals surface area contributed by atoms with Crippen molar-refractivity contribution in [2.75, 3.05) is 14.2 Å². The molecule has 5 nitrogen and oxygen atoms in total. The molecule has 0 unspecified atom stereocenters. The number of halogens is 1. The molecule has 5 aromatic rings. The molecule has 5 rings (SSSR count). The molecule has 6 heteroatoms. The van der Waals surface area contributed by atoms with Crippen LogP contribution >= 0.6 is 11.6 Å². The Labute approximate surface area is 207 Å². The van der Waals surface area contributed by atoms with Crippen LogP contribution in [0.25, 0.3) is 33.2 Å². The molecule has 0 aliphatic rings. The minimum atomic E-state index is 0.0979. The number of hydrogen-bond donors (Lipinski definition) is 1. The number of hydrogen-bond acceptors (Lipinski definition) is 5. The maximum absolute atomic E-state index is 11.1. The summed E-state index contributed by atoms with van der Waals surface area (Å²) < 4.78 is 17.0. The molecule has 0 aliphatic carbocycles. The third-order valence-electron chi connectivity index (χ3n) is 5.77. The quantitative estimate of drug-likeness (QED) is 0.249. The topological polar surface area (TPSA) is 64.2 Å². The molecule has 174 valence electrons. The Balaban J connectivity index is 1.69. The third-order valence-corrected chi connectivity index (χ3v) is 6.02. The van der Waals surface area contributed by atoms with Crippen molar-refractivity contribution in [2.45, 2.75) is 0 Å². The van der Waals surface area contributed by atoms with E-state index in [1.807, 2.05) is 78.9 Å². The van der Waals surface area contributed by atoms with E-state index in [4.69, 9.17) is 25.5 Å². The van der Waals surface area contributed by atoms with Crippen molar-refractivity contribution >= 4 is 34.7 Å². The number of para-hydroxylation sites is 1. The monoisotopic (exact) mass is 483 g/mol. The molecule has 0 saturated carbocycles. The highest BCUT2D eigenvalue weighted by Gasteiger charge is 2.20. The second-order valence-electron chi connectivity index (χ2n) is 7.89. The van der Waals surface area contributed by atoms with Gasteiger partial charge in [-0.2, -0.15) is 0 Å². The first-order chi connectivity index (χ1) is 17.1. The van der Waals surface area contributed by atoms with E-state index in [0.717, 1.165) is 28.0 Å². The van der Waals surface area contributed by atoms with E-state index in [1.54, 1.807) is 26.5 Å². The summed E-state index contributed by atoms with van der Waals surface area (Å²) in [7, 11) is 3.24. The fourth-order valence-corrected chi connectivity index (χ4v) is 4.15. The molecule has 1 N–H and O–H groups in total. The van der Waals surface area contributed by atoms with Gasteiger partial charge >= 0.3 is 0 Å². The predicted molar refractivity (Wildman–Crippen MR) is 141 cm³/mol. The van der Waals surface area contributed by atoms with Crippen LogP contribution in [0.15, 0.2) is 94.3 Å². The Kier molecular flexibility index (Phi) is 6.17. The minimum Gasteiger partial charge on any atom is -0.507 e. The standard InChI is InChI=1S/C29H22ClNO4/c1-33-23-13-9-19(10-14-23)27-28-24(32)15-21(18-7-11-22(30)12-8-18)16-26(28)35-29(27)31-17-20-5-3-4-6-25(20)34-2/h3-17,32H,1-2H3/b31-17+. The van der Waals surface area contributed by atoms with Crippen molar-refractivity contribution in [3.8, 4) is 39.5 Å². The average Bonchev–Trinajstić information content (AvgIpc) is 3.27. The lowest BCUT2D eigenvalue weighted by Crippen LogP contribution is -1.89. The normalized spacial score (nSPS) is 11.3. The van der Waals surface area contributed by atoms with E-state index >= 15 is 0 Å². The largest absolute Gasteiger partial charge is 0.507 e.